The van der Waals surface area contributed by atoms with Gasteiger partial charge >= 0.3 is 0 Å². The molecule has 6 nitrogen and oxygen atoms in total. The second-order valence-corrected chi connectivity index (χ2v) is 6.70. The van der Waals surface area contributed by atoms with Crippen LogP contribution in [0.5, 0.6) is 11.5 Å². The van der Waals surface area contributed by atoms with E-state index < -0.39 is 0 Å². The van der Waals surface area contributed by atoms with Crippen molar-refractivity contribution in [3.63, 3.8) is 0 Å². The third kappa shape index (κ3) is 3.21. The Morgan fingerprint density at radius 3 is 3.12 bits per heavy atom. The highest BCUT2D eigenvalue weighted by Gasteiger charge is 2.25. The van der Waals surface area contributed by atoms with E-state index in [0.29, 0.717) is 18.8 Å². The van der Waals surface area contributed by atoms with Crippen LogP contribution in [0.25, 0.3) is 0 Å². The van der Waals surface area contributed by atoms with Gasteiger partial charge in [-0.25, -0.2) is 0 Å². The maximum Gasteiger partial charge on any atom is 0.273 e. The third-order valence-corrected chi connectivity index (χ3v) is 4.97. The minimum absolute atomic E-state index is 0.146. The summed E-state index contributed by atoms with van der Waals surface area (Å²) in [4.78, 5) is 12.5. The standard InChI is InChI=1S/C19H22N2O4/c1-23-14-7-6-13-8-12(11-24-17(13)9-14)10-20-19(22)18-15-4-2-3-5-16(15)25-21-18/h6-7,9,12H,2-5,8,10-11H2,1H3,(H,20,22)/t12-/m1/s1. The van der Waals surface area contributed by atoms with Crippen molar-refractivity contribution in [3.8, 4) is 11.5 Å². The number of hydrogen-bond donors (Lipinski definition) is 1. The van der Waals surface area contributed by atoms with Crippen LogP contribution in [0.1, 0.15) is 40.2 Å². The summed E-state index contributed by atoms with van der Waals surface area (Å²) in [5.74, 6) is 2.63. The van der Waals surface area contributed by atoms with Crippen molar-refractivity contribution in [1.29, 1.82) is 0 Å². The number of aromatic nitrogens is 1. The van der Waals surface area contributed by atoms with Crippen molar-refractivity contribution < 1.29 is 18.8 Å². The van der Waals surface area contributed by atoms with E-state index >= 15 is 0 Å². The predicted octanol–water partition coefficient (Wildman–Crippen LogP) is 2.54. The van der Waals surface area contributed by atoms with Crippen LogP contribution in [0.2, 0.25) is 0 Å². The highest BCUT2D eigenvalue weighted by Crippen LogP contribution is 2.31. The van der Waals surface area contributed by atoms with E-state index in [9.17, 15) is 4.79 Å². The van der Waals surface area contributed by atoms with Crippen molar-refractivity contribution in [2.45, 2.75) is 32.1 Å². The van der Waals surface area contributed by atoms with E-state index in [1.807, 2.05) is 18.2 Å². The molecule has 1 aliphatic heterocycles. The average molecular weight is 342 g/mol. The number of nitrogens with one attached hydrogen (secondary N) is 1. The molecule has 0 unspecified atom stereocenters. The zero-order valence-electron chi connectivity index (χ0n) is 14.3. The smallest absolute Gasteiger partial charge is 0.273 e. The largest absolute Gasteiger partial charge is 0.497 e. The minimum atomic E-state index is -0.146. The summed E-state index contributed by atoms with van der Waals surface area (Å²) in [6.45, 7) is 1.14. The summed E-state index contributed by atoms with van der Waals surface area (Å²) in [5, 5.41) is 6.98. The number of aryl methyl sites for hydroxylation is 1. The Kier molecular flexibility index (Phi) is 4.34. The maximum absolute atomic E-state index is 12.5. The molecule has 1 N–H and O–H groups in total. The molecule has 0 saturated carbocycles. The molecule has 1 aromatic heterocycles. The molecule has 2 aliphatic rings. The number of rotatable bonds is 4. The predicted molar refractivity (Wildman–Crippen MR) is 91.2 cm³/mol. The molecular formula is C19H22N2O4. The van der Waals surface area contributed by atoms with Crippen LogP contribution in [0.15, 0.2) is 22.7 Å². The Labute approximate surface area is 146 Å². The lowest BCUT2D eigenvalue weighted by molar-refractivity contribution is 0.0929. The Balaban J connectivity index is 1.37. The van der Waals surface area contributed by atoms with Gasteiger partial charge in [0.05, 0.1) is 13.7 Å². The Hall–Kier alpha value is -2.50. The molecule has 1 amide bonds. The number of benzene rings is 1. The van der Waals surface area contributed by atoms with Crippen LogP contribution >= 0.6 is 0 Å². The minimum Gasteiger partial charge on any atom is -0.497 e. The normalized spacial score (nSPS) is 18.7. The summed E-state index contributed by atoms with van der Waals surface area (Å²) in [6, 6.07) is 5.87. The van der Waals surface area contributed by atoms with Gasteiger partial charge in [-0.2, -0.15) is 0 Å². The lowest BCUT2D eigenvalue weighted by Gasteiger charge is -2.25. The van der Waals surface area contributed by atoms with Crippen LogP contribution < -0.4 is 14.8 Å². The molecule has 1 aliphatic carbocycles. The molecule has 0 bridgehead atoms. The number of amides is 1. The fourth-order valence-electron chi connectivity index (χ4n) is 3.56. The first-order valence-electron chi connectivity index (χ1n) is 8.80. The Bertz CT molecular complexity index is 784. The number of carbonyl (C=O) groups is 1. The molecule has 0 radical (unpaired) electrons. The van der Waals surface area contributed by atoms with Crippen LogP contribution in [0.3, 0.4) is 0 Å². The van der Waals surface area contributed by atoms with Gasteiger partial charge in [0.1, 0.15) is 17.3 Å². The summed E-state index contributed by atoms with van der Waals surface area (Å²) in [6.07, 6.45) is 4.82. The lowest BCUT2D eigenvalue weighted by Crippen LogP contribution is -2.35. The maximum atomic E-state index is 12.5. The van der Waals surface area contributed by atoms with E-state index in [2.05, 4.69) is 10.5 Å². The molecule has 0 spiro atoms. The molecular weight excluding hydrogens is 320 g/mol. The highest BCUT2D eigenvalue weighted by atomic mass is 16.5. The third-order valence-electron chi connectivity index (χ3n) is 4.97. The van der Waals surface area contributed by atoms with E-state index in [1.165, 1.54) is 0 Å². The number of methoxy groups -OCH3 is 1. The lowest BCUT2D eigenvalue weighted by atomic mass is 9.95. The molecule has 0 saturated heterocycles. The van der Waals surface area contributed by atoms with Gasteiger partial charge in [0.15, 0.2) is 5.69 Å². The van der Waals surface area contributed by atoms with E-state index in [0.717, 1.165) is 60.5 Å². The van der Waals surface area contributed by atoms with Gasteiger partial charge in [-0.05, 0) is 37.3 Å². The summed E-state index contributed by atoms with van der Waals surface area (Å²) >= 11 is 0. The first-order valence-corrected chi connectivity index (χ1v) is 8.80. The molecule has 1 aromatic carbocycles. The summed E-state index contributed by atoms with van der Waals surface area (Å²) in [5.41, 5.74) is 2.59. The molecule has 132 valence electrons. The molecule has 0 fully saturated rings. The van der Waals surface area contributed by atoms with Crippen molar-refractivity contribution in [2.24, 2.45) is 5.92 Å². The number of carbonyl (C=O) groups excluding carboxylic acids is 1. The van der Waals surface area contributed by atoms with E-state index in [4.69, 9.17) is 14.0 Å². The number of ether oxygens (including phenoxy) is 2. The first-order chi connectivity index (χ1) is 12.2. The van der Waals surface area contributed by atoms with Gasteiger partial charge in [0, 0.05) is 30.5 Å². The van der Waals surface area contributed by atoms with Gasteiger partial charge in [-0.15, -0.1) is 0 Å². The van der Waals surface area contributed by atoms with Crippen molar-refractivity contribution >= 4 is 5.91 Å². The number of hydrogen-bond acceptors (Lipinski definition) is 5. The molecule has 6 heteroatoms. The summed E-state index contributed by atoms with van der Waals surface area (Å²) < 4.78 is 16.4. The first kappa shape index (κ1) is 16.0. The Morgan fingerprint density at radius 2 is 2.24 bits per heavy atom. The Morgan fingerprint density at radius 1 is 1.36 bits per heavy atom. The van der Waals surface area contributed by atoms with Crippen molar-refractivity contribution in [3.05, 3.63) is 40.8 Å². The van der Waals surface area contributed by atoms with Gasteiger partial charge in [0.2, 0.25) is 0 Å². The highest BCUT2D eigenvalue weighted by molar-refractivity contribution is 5.93. The monoisotopic (exact) mass is 342 g/mol. The summed E-state index contributed by atoms with van der Waals surface area (Å²) in [7, 11) is 1.64. The van der Waals surface area contributed by atoms with Crippen LogP contribution in [-0.4, -0.2) is 31.3 Å². The van der Waals surface area contributed by atoms with Crippen molar-refractivity contribution in [2.75, 3.05) is 20.3 Å². The van der Waals surface area contributed by atoms with Gasteiger partial charge < -0.3 is 19.3 Å². The van der Waals surface area contributed by atoms with Crippen LogP contribution in [0, 0.1) is 5.92 Å². The van der Waals surface area contributed by atoms with Gasteiger partial charge in [0.25, 0.3) is 5.91 Å². The molecule has 25 heavy (non-hydrogen) atoms. The van der Waals surface area contributed by atoms with Gasteiger partial charge in [-0.1, -0.05) is 11.2 Å². The quantitative estimate of drug-likeness (QED) is 0.924. The molecule has 4 rings (SSSR count). The molecule has 1 atom stereocenters. The second kappa shape index (κ2) is 6.78. The van der Waals surface area contributed by atoms with E-state index in [1.54, 1.807) is 7.11 Å². The van der Waals surface area contributed by atoms with Crippen LogP contribution in [0.4, 0.5) is 0 Å². The van der Waals surface area contributed by atoms with Crippen LogP contribution in [-0.2, 0) is 19.3 Å². The van der Waals surface area contributed by atoms with Crippen molar-refractivity contribution in [1.82, 2.24) is 10.5 Å². The molecule has 2 aromatic rings. The second-order valence-electron chi connectivity index (χ2n) is 6.70. The number of fused-ring (bicyclic) bond motifs is 2. The fourth-order valence-corrected chi connectivity index (χ4v) is 3.56. The van der Waals surface area contributed by atoms with Gasteiger partial charge in [-0.3, -0.25) is 4.79 Å². The fraction of sp³-hybridized carbons (Fsp3) is 0.474. The SMILES string of the molecule is COc1ccc2c(c1)OC[C@@H](CNC(=O)c1noc3c1CCCC3)C2. The van der Waals surface area contributed by atoms with E-state index in [-0.39, 0.29) is 11.8 Å². The zero-order valence-corrected chi connectivity index (χ0v) is 14.3. The number of nitrogens with zero attached hydrogens (tertiary/aromatic N) is 1. The topological polar surface area (TPSA) is 73.6 Å². The molecule has 2 heterocycles. The average Bonchev–Trinajstić information content (AvgIpc) is 3.09. The zero-order chi connectivity index (χ0) is 17.2.